The molecule has 5 rings (SSSR count). The molecule has 0 spiro atoms. The number of nitrogens with zero attached hydrogens (tertiary/aromatic N) is 2. The number of rotatable bonds is 10. The molecule has 1 aliphatic rings. The van der Waals surface area contributed by atoms with Gasteiger partial charge in [0.2, 0.25) is 5.09 Å². The van der Waals surface area contributed by atoms with E-state index < -0.39 is 21.9 Å². The van der Waals surface area contributed by atoms with E-state index in [1.165, 1.54) is 28.6 Å². The Balaban J connectivity index is 1.22. The first-order valence-corrected chi connectivity index (χ1v) is 14.4. The zero-order valence-corrected chi connectivity index (χ0v) is 22.8. The maximum absolute atomic E-state index is 13.6. The smallest absolute Gasteiger partial charge is 0.277 e. The quantitative estimate of drug-likeness (QED) is 0.257. The highest BCUT2D eigenvalue weighted by atomic mass is 32.2. The van der Waals surface area contributed by atoms with E-state index in [0.29, 0.717) is 37.0 Å². The molecule has 0 bridgehead atoms. The fourth-order valence-corrected chi connectivity index (χ4v) is 6.53. The third-order valence-corrected chi connectivity index (χ3v) is 8.75. The van der Waals surface area contributed by atoms with Crippen LogP contribution >= 0.6 is 0 Å². The van der Waals surface area contributed by atoms with Gasteiger partial charge in [-0.15, -0.1) is 0 Å². The first-order chi connectivity index (χ1) is 18.7. The number of benzene rings is 3. The van der Waals surface area contributed by atoms with Crippen LogP contribution < -0.4 is 9.64 Å². The van der Waals surface area contributed by atoms with Gasteiger partial charge in [-0.25, -0.2) is 12.8 Å². The van der Waals surface area contributed by atoms with Crippen LogP contribution in [-0.4, -0.2) is 45.2 Å². The lowest BCUT2D eigenvalue weighted by molar-refractivity contribution is -0.122. The monoisotopic (exact) mass is 550 g/mol. The van der Waals surface area contributed by atoms with Crippen LogP contribution in [0.3, 0.4) is 0 Å². The minimum Gasteiger partial charge on any atom is -0.489 e. The number of aryl methyl sites for hydroxylation is 1. The van der Waals surface area contributed by atoms with E-state index >= 15 is 0 Å². The second kappa shape index (κ2) is 11.2. The molecule has 1 aromatic heterocycles. The van der Waals surface area contributed by atoms with Crippen LogP contribution in [0.1, 0.15) is 30.4 Å². The summed E-state index contributed by atoms with van der Waals surface area (Å²) in [7, 11) is -0.0549. The van der Waals surface area contributed by atoms with Crippen LogP contribution in [0.25, 0.3) is 11.0 Å². The van der Waals surface area contributed by atoms with Crippen molar-refractivity contribution in [1.82, 2.24) is 4.31 Å². The Morgan fingerprint density at radius 1 is 1.05 bits per heavy atom. The van der Waals surface area contributed by atoms with E-state index in [0.717, 1.165) is 16.8 Å². The highest BCUT2D eigenvalue weighted by molar-refractivity contribution is 7.89. The Morgan fingerprint density at radius 3 is 2.67 bits per heavy atom. The van der Waals surface area contributed by atoms with Crippen molar-refractivity contribution in [2.75, 3.05) is 25.5 Å². The lowest BCUT2D eigenvalue weighted by Crippen LogP contribution is -2.40. The molecular weight excluding hydrogens is 519 g/mol. The largest absolute Gasteiger partial charge is 0.489 e. The molecule has 4 aromatic rings. The Labute approximate surface area is 227 Å². The van der Waals surface area contributed by atoms with Crippen molar-refractivity contribution in [3.05, 3.63) is 89.7 Å². The van der Waals surface area contributed by atoms with Gasteiger partial charge in [0, 0.05) is 44.2 Å². The summed E-state index contributed by atoms with van der Waals surface area (Å²) < 4.78 is 53.0. The van der Waals surface area contributed by atoms with Crippen LogP contribution in [0, 0.1) is 5.82 Å². The molecule has 1 unspecified atom stereocenters. The molecule has 2 heterocycles. The number of furan rings is 1. The van der Waals surface area contributed by atoms with E-state index in [1.54, 1.807) is 0 Å². The van der Waals surface area contributed by atoms with Crippen molar-refractivity contribution in [1.29, 1.82) is 0 Å². The molecule has 0 N–H and O–H groups in total. The van der Waals surface area contributed by atoms with E-state index in [9.17, 15) is 17.6 Å². The Morgan fingerprint density at radius 2 is 1.85 bits per heavy atom. The normalized spacial score (nSPS) is 16.0. The molecule has 0 aliphatic carbocycles. The number of hydrogen-bond donors (Lipinski definition) is 0. The van der Waals surface area contributed by atoms with Crippen molar-refractivity contribution in [2.45, 2.75) is 43.4 Å². The molecule has 1 aliphatic heterocycles. The first kappa shape index (κ1) is 26.9. The average Bonchev–Trinajstić information content (AvgIpc) is 3.59. The summed E-state index contributed by atoms with van der Waals surface area (Å²) in [4.78, 5) is 15.2. The Hall–Kier alpha value is -3.69. The second-order valence-corrected chi connectivity index (χ2v) is 11.8. The Kier molecular flexibility index (Phi) is 7.72. The number of sulfonamides is 1. The molecule has 39 heavy (non-hydrogen) atoms. The molecule has 1 atom stereocenters. The standard InChI is InChI=1S/C30H31FN2O5S/c1-32(2)25-8-3-7-22(16-25)20-37-26-9-4-6-21(17-26)11-13-28(34)27-10-5-15-33(27)39(35,36)30-19-23-18-24(31)12-14-29(23)38-30/h3-4,6-9,12,14,16-19,27H,5,10-11,13,15,20H2,1-2H3. The number of hydrogen-bond acceptors (Lipinski definition) is 6. The highest BCUT2D eigenvalue weighted by Gasteiger charge is 2.40. The molecule has 7 nitrogen and oxygen atoms in total. The number of fused-ring (bicyclic) bond motifs is 1. The molecule has 1 fully saturated rings. The minimum absolute atomic E-state index is 0.134. The van der Waals surface area contributed by atoms with Crippen molar-refractivity contribution < 1.29 is 26.8 Å². The predicted octanol–water partition coefficient (Wildman–Crippen LogP) is 5.57. The molecule has 1 saturated heterocycles. The number of ether oxygens (including phenoxy) is 1. The topological polar surface area (TPSA) is 80.1 Å². The number of ketones is 1. The maximum Gasteiger partial charge on any atom is 0.277 e. The highest BCUT2D eigenvalue weighted by Crippen LogP contribution is 2.31. The van der Waals surface area contributed by atoms with Crippen LogP contribution in [0.15, 0.2) is 82.3 Å². The van der Waals surface area contributed by atoms with Gasteiger partial charge in [0.15, 0.2) is 5.78 Å². The van der Waals surface area contributed by atoms with Gasteiger partial charge in [-0.05, 0) is 72.9 Å². The third kappa shape index (κ3) is 5.99. The van der Waals surface area contributed by atoms with E-state index in [2.05, 4.69) is 6.07 Å². The fraction of sp³-hybridized carbons (Fsp3) is 0.300. The number of carbonyl (C=O) groups excluding carboxylic acids is 1. The maximum atomic E-state index is 13.6. The van der Waals surface area contributed by atoms with Gasteiger partial charge in [-0.2, -0.15) is 4.31 Å². The summed E-state index contributed by atoms with van der Waals surface area (Å²) in [6.45, 7) is 0.663. The van der Waals surface area contributed by atoms with E-state index in [-0.39, 0.29) is 29.4 Å². The van der Waals surface area contributed by atoms with Gasteiger partial charge in [0.05, 0.1) is 6.04 Å². The SMILES string of the molecule is CN(C)c1cccc(COc2cccc(CCC(=O)C3CCCN3S(=O)(=O)c3cc4cc(F)ccc4o3)c2)c1. The summed E-state index contributed by atoms with van der Waals surface area (Å²) in [5, 5.41) is 0.0897. The van der Waals surface area contributed by atoms with Crippen molar-refractivity contribution >= 4 is 32.5 Å². The summed E-state index contributed by atoms with van der Waals surface area (Å²) >= 11 is 0. The number of carbonyl (C=O) groups is 1. The average molecular weight is 551 g/mol. The van der Waals surface area contributed by atoms with Crippen molar-refractivity contribution in [2.24, 2.45) is 0 Å². The van der Waals surface area contributed by atoms with Gasteiger partial charge < -0.3 is 14.1 Å². The second-order valence-electron chi connectivity index (χ2n) is 9.99. The van der Waals surface area contributed by atoms with Crippen LogP contribution in [0.2, 0.25) is 0 Å². The summed E-state index contributed by atoms with van der Waals surface area (Å²) in [5.74, 6) is 0.0983. The molecule has 204 valence electrons. The molecule has 3 aromatic carbocycles. The summed E-state index contributed by atoms with van der Waals surface area (Å²) in [5.41, 5.74) is 3.37. The summed E-state index contributed by atoms with van der Waals surface area (Å²) in [6, 6.07) is 20.2. The van der Waals surface area contributed by atoms with E-state index in [1.807, 2.05) is 61.5 Å². The molecular formula is C30H31FN2O5S. The van der Waals surface area contributed by atoms with Gasteiger partial charge in [-0.3, -0.25) is 4.79 Å². The van der Waals surface area contributed by atoms with Crippen LogP contribution in [0.5, 0.6) is 5.75 Å². The van der Waals surface area contributed by atoms with Gasteiger partial charge in [0.1, 0.15) is 23.8 Å². The van der Waals surface area contributed by atoms with Gasteiger partial charge >= 0.3 is 0 Å². The molecule has 0 amide bonds. The van der Waals surface area contributed by atoms with Crippen molar-refractivity contribution in [3.63, 3.8) is 0 Å². The minimum atomic E-state index is -4.04. The number of anilines is 1. The predicted molar refractivity (Wildman–Crippen MR) is 148 cm³/mol. The molecule has 0 saturated carbocycles. The van der Waals surface area contributed by atoms with E-state index in [4.69, 9.17) is 9.15 Å². The fourth-order valence-electron chi connectivity index (χ4n) is 4.90. The number of halogens is 1. The first-order valence-electron chi connectivity index (χ1n) is 12.9. The lowest BCUT2D eigenvalue weighted by Gasteiger charge is -2.21. The third-order valence-electron chi connectivity index (χ3n) is 6.99. The van der Waals surface area contributed by atoms with Crippen molar-refractivity contribution in [3.8, 4) is 5.75 Å². The Bertz CT molecular complexity index is 1600. The molecule has 9 heteroatoms. The van der Waals surface area contributed by atoms with Gasteiger partial charge in [-0.1, -0.05) is 24.3 Å². The lowest BCUT2D eigenvalue weighted by atomic mass is 10.0. The molecule has 0 radical (unpaired) electrons. The zero-order valence-electron chi connectivity index (χ0n) is 22.0. The van der Waals surface area contributed by atoms with Gasteiger partial charge in [0.25, 0.3) is 10.0 Å². The van der Waals surface area contributed by atoms with Crippen LogP contribution in [0.4, 0.5) is 10.1 Å². The van der Waals surface area contributed by atoms with Crippen LogP contribution in [-0.2, 0) is 27.8 Å². The summed E-state index contributed by atoms with van der Waals surface area (Å²) in [6.07, 6.45) is 1.72. The zero-order chi connectivity index (χ0) is 27.6. The number of Topliss-reactive ketones (excluding diaryl/α,β-unsaturated/α-hetero) is 1.